The minimum absolute atomic E-state index is 0.226. The Balaban J connectivity index is 0.000000753. The van der Waals surface area contributed by atoms with E-state index in [1.807, 2.05) is 53.7 Å². The molecule has 0 N–H and O–H groups in total. The summed E-state index contributed by atoms with van der Waals surface area (Å²) in [5.74, 6) is 0. The Morgan fingerprint density at radius 1 is 0.771 bits per heavy atom. The van der Waals surface area contributed by atoms with Crippen molar-refractivity contribution in [3.8, 4) is 13.5 Å². The van der Waals surface area contributed by atoms with Gasteiger partial charge in [0.05, 0.1) is 17.1 Å². The first-order chi connectivity index (χ1) is 16.4. The molecule has 3 aromatic rings. The van der Waals surface area contributed by atoms with E-state index in [2.05, 4.69) is 101 Å². The molecule has 0 spiro atoms. The van der Waals surface area contributed by atoms with Crippen LogP contribution < -0.4 is 0 Å². The Hall–Kier alpha value is -2.06. The molecule has 183 valence electrons. The predicted octanol–water partition coefficient (Wildman–Crippen LogP) is 2.97. The van der Waals surface area contributed by atoms with E-state index >= 15 is 0 Å². The standard InChI is InChI=1S/C15H21BN6.C6H9SeSi.2CO.Mo/c1-10-7-13(4)20(17-10)16(21-14(5)8-11(2)18-21)22-15(6)9-12(3)19-22;1-7-5-6-8(2,3)4;2*1-2;/h7-9H,1-6H3;2-4H3;;;/q-1;;;;+1. The van der Waals surface area contributed by atoms with Gasteiger partial charge in [-0.2, -0.15) is 0 Å². The normalized spacial score (nSPS) is 9.74. The van der Waals surface area contributed by atoms with E-state index in [1.165, 1.54) is 0 Å². The van der Waals surface area contributed by atoms with Crippen LogP contribution in [0.25, 0.3) is 0 Å². The van der Waals surface area contributed by atoms with Crippen LogP contribution in [0.4, 0.5) is 0 Å². The van der Waals surface area contributed by atoms with Crippen LogP contribution in [-0.4, -0.2) is 59.2 Å². The number of hydrogen-bond acceptors (Lipinski definition) is 3. The van der Waals surface area contributed by atoms with Crippen LogP contribution in [0, 0.1) is 68.3 Å². The van der Waals surface area contributed by atoms with Gasteiger partial charge >= 0.3 is 97.9 Å². The third-order valence-electron chi connectivity index (χ3n) is 4.31. The fraction of sp³-hybridized carbons (Fsp3) is 0.391. The van der Waals surface area contributed by atoms with Crippen LogP contribution in [0.15, 0.2) is 18.2 Å². The molecule has 0 aliphatic rings. The van der Waals surface area contributed by atoms with Gasteiger partial charge < -0.3 is 13.8 Å². The Labute approximate surface area is 227 Å². The van der Waals surface area contributed by atoms with Gasteiger partial charge in [-0.05, 0) is 76.8 Å². The summed E-state index contributed by atoms with van der Waals surface area (Å²) in [4.78, 5) is 3.14. The number of aryl methyl sites for hydroxylation is 6. The second-order valence-electron chi connectivity index (χ2n) is 8.62. The second-order valence-corrected chi connectivity index (χ2v) is 16.7. The molecule has 3 aromatic heterocycles. The number of rotatable bonds is 3. The average Bonchev–Trinajstić information content (AvgIpc) is 3.41. The van der Waals surface area contributed by atoms with Gasteiger partial charge in [0.1, 0.15) is 0 Å². The van der Waals surface area contributed by atoms with Crippen molar-refractivity contribution in [1.29, 1.82) is 0 Å². The predicted molar refractivity (Wildman–Crippen MR) is 136 cm³/mol. The zero-order chi connectivity index (χ0) is 27.3. The van der Waals surface area contributed by atoms with Crippen LogP contribution in [0.3, 0.4) is 0 Å². The summed E-state index contributed by atoms with van der Waals surface area (Å²) in [6.45, 7) is 28.0. The zero-order valence-electron chi connectivity index (χ0n) is 21.6. The van der Waals surface area contributed by atoms with Gasteiger partial charge in [-0.25, -0.2) is 15.3 Å². The zero-order valence-corrected chi connectivity index (χ0v) is 26.3. The first-order valence-corrected chi connectivity index (χ1v) is 16.7. The quantitative estimate of drug-likeness (QED) is 0.192. The van der Waals surface area contributed by atoms with Crippen LogP contribution in [0.2, 0.25) is 19.6 Å². The third kappa shape index (κ3) is 10.6. The molecule has 0 aromatic carbocycles. The molecule has 0 aliphatic heterocycles. The van der Waals surface area contributed by atoms with Crippen molar-refractivity contribution in [2.75, 3.05) is 0 Å². The molecule has 0 bridgehead atoms. The van der Waals surface area contributed by atoms with E-state index in [9.17, 15) is 0 Å². The van der Waals surface area contributed by atoms with Crippen molar-refractivity contribution < 1.29 is 28.5 Å². The Morgan fingerprint density at radius 3 is 1.29 bits per heavy atom. The van der Waals surface area contributed by atoms with Crippen LogP contribution in [-0.2, 0) is 28.5 Å². The fourth-order valence-electron chi connectivity index (χ4n) is 3.15. The fourth-order valence-corrected chi connectivity index (χ4v) is 6.38. The first-order valence-electron chi connectivity index (χ1n) is 10.5. The number of nitrogens with zero attached hydrogens (tertiary/aromatic N) is 6. The van der Waals surface area contributed by atoms with Gasteiger partial charge in [0, 0.05) is 0 Å². The average molecular weight is 636 g/mol. The summed E-state index contributed by atoms with van der Waals surface area (Å²) >= 11 is 2.23. The van der Waals surface area contributed by atoms with Crippen molar-refractivity contribution in [3.05, 3.63) is 65.7 Å². The van der Waals surface area contributed by atoms with Gasteiger partial charge in [-0.15, -0.1) is 0 Å². The van der Waals surface area contributed by atoms with E-state index < -0.39 is 8.07 Å². The molecule has 0 atom stereocenters. The molecule has 0 amide bonds. The monoisotopic (exact) mass is 639 g/mol. The maximum absolute atomic E-state index is 7.50. The summed E-state index contributed by atoms with van der Waals surface area (Å²) in [5, 5.41) is 14.0. The number of hydrogen-bond donors (Lipinski definition) is 0. The molecule has 0 saturated carbocycles. The molecule has 0 fully saturated rings. The number of aromatic nitrogens is 6. The van der Waals surface area contributed by atoms with Crippen LogP contribution >= 0.6 is 0 Å². The third-order valence-corrected chi connectivity index (χ3v) is 7.26. The maximum atomic E-state index is 7.50. The molecule has 0 aliphatic carbocycles. The van der Waals surface area contributed by atoms with E-state index in [4.69, 9.17) is 9.30 Å². The topological polar surface area (TPSA) is 93.3 Å². The summed E-state index contributed by atoms with van der Waals surface area (Å²) in [7, 11) is -1.30. The molecule has 1 radical (unpaired) electrons. The van der Waals surface area contributed by atoms with Crippen molar-refractivity contribution in [2.24, 2.45) is 0 Å². The van der Waals surface area contributed by atoms with E-state index in [0.29, 0.717) is 15.0 Å². The molecule has 3 rings (SSSR count). The first kappa shape index (κ1) is 32.9. The van der Waals surface area contributed by atoms with Gasteiger partial charge in [0.2, 0.25) is 0 Å². The van der Waals surface area contributed by atoms with Crippen molar-refractivity contribution >= 4 is 30.1 Å². The Kier molecular flexibility index (Phi) is 14.9. The second kappa shape index (κ2) is 15.8. The molecular weight excluding hydrogens is 606 g/mol. The van der Waals surface area contributed by atoms with Crippen LogP contribution in [0.1, 0.15) is 34.2 Å². The van der Waals surface area contributed by atoms with Crippen molar-refractivity contribution in [2.45, 2.75) is 61.2 Å². The molecular formula is C23H30BMoN6O2SeSi. The van der Waals surface area contributed by atoms with Crippen molar-refractivity contribution in [3.63, 3.8) is 0 Å². The van der Waals surface area contributed by atoms with Crippen molar-refractivity contribution in [1.82, 2.24) is 29.1 Å². The summed E-state index contributed by atoms with van der Waals surface area (Å²) in [5.41, 5.74) is 9.51. The minimum atomic E-state index is -1.08. The molecule has 0 unspecified atom stereocenters. The van der Waals surface area contributed by atoms with Gasteiger partial charge in [-0.1, -0.05) is 0 Å². The molecule has 8 nitrogen and oxygen atoms in total. The summed E-state index contributed by atoms with van der Waals surface area (Å²) < 4.78 is 24.0. The van der Waals surface area contributed by atoms with E-state index in [1.54, 1.807) is 0 Å². The summed E-state index contributed by atoms with van der Waals surface area (Å²) in [6.07, 6.45) is 0. The SMILES string of the molecule is C[Si](C)(C)C#C[Se][C]#[Mo+].Cc1cc(C)n([B-](n2nc(C)cc2C)n2nc(C)cc2C)n1.[C-]#[O+].[C-]#[O+]. The Morgan fingerprint density at radius 2 is 1.09 bits per heavy atom. The van der Waals surface area contributed by atoms with Gasteiger partial charge in [0.15, 0.2) is 0 Å². The van der Waals surface area contributed by atoms with Crippen LogP contribution in [0.5, 0.6) is 0 Å². The van der Waals surface area contributed by atoms with E-state index in [-0.39, 0.29) is 7.12 Å². The van der Waals surface area contributed by atoms with Gasteiger partial charge in [-0.3, -0.25) is 0 Å². The van der Waals surface area contributed by atoms with Gasteiger partial charge in [0.25, 0.3) is 7.12 Å². The van der Waals surface area contributed by atoms with E-state index in [0.717, 1.165) is 34.2 Å². The molecule has 35 heavy (non-hydrogen) atoms. The molecule has 0 saturated heterocycles. The molecule has 12 heteroatoms. The Bertz CT molecular complexity index is 1140. The molecule has 3 heterocycles. The summed E-state index contributed by atoms with van der Waals surface area (Å²) in [6, 6.07) is 6.22.